The van der Waals surface area contributed by atoms with Gasteiger partial charge in [-0.3, -0.25) is 14.4 Å². The molecular formula is C26H36O5S. The van der Waals surface area contributed by atoms with Gasteiger partial charge in [-0.25, -0.2) is 0 Å². The van der Waals surface area contributed by atoms with Crippen LogP contribution in [0, 0.1) is 28.6 Å². The highest BCUT2D eigenvalue weighted by Crippen LogP contribution is 2.70. The highest BCUT2D eigenvalue weighted by molar-refractivity contribution is 8.14. The molecular weight excluding hydrogens is 424 g/mol. The lowest BCUT2D eigenvalue weighted by atomic mass is 9.46. The van der Waals surface area contributed by atoms with Gasteiger partial charge in [0.25, 0.3) is 0 Å². The second-order valence-electron chi connectivity index (χ2n) is 11.4. The summed E-state index contributed by atoms with van der Waals surface area (Å²) in [4.78, 5) is 36.0. The molecule has 5 nitrogen and oxygen atoms in total. The lowest BCUT2D eigenvalue weighted by Crippen LogP contribution is -2.58. The molecule has 0 aromatic rings. The van der Waals surface area contributed by atoms with Crippen LogP contribution in [0.3, 0.4) is 0 Å². The van der Waals surface area contributed by atoms with Gasteiger partial charge in [0.15, 0.2) is 5.12 Å². The second-order valence-corrected chi connectivity index (χ2v) is 12.8. The van der Waals surface area contributed by atoms with Crippen LogP contribution in [0.4, 0.5) is 0 Å². The Bertz CT molecular complexity index is 881. The number of thioether (sulfide) groups is 1. The van der Waals surface area contributed by atoms with Crippen LogP contribution in [0.1, 0.15) is 85.5 Å². The lowest BCUT2D eigenvalue weighted by Gasteiger charge is -2.61. The predicted molar refractivity (Wildman–Crippen MR) is 123 cm³/mol. The van der Waals surface area contributed by atoms with E-state index in [9.17, 15) is 14.4 Å². The smallest absolute Gasteiger partial charge is 0.306 e. The third-order valence-corrected chi connectivity index (χ3v) is 11.2. The Balaban J connectivity index is 1.51. The van der Waals surface area contributed by atoms with Crippen LogP contribution in [0.5, 0.6) is 0 Å². The molecule has 176 valence electrons. The summed E-state index contributed by atoms with van der Waals surface area (Å²) >= 11 is 1.51. The minimum absolute atomic E-state index is 0.00243. The summed E-state index contributed by atoms with van der Waals surface area (Å²) in [5, 5.41) is 0.419. The zero-order valence-electron chi connectivity index (χ0n) is 19.8. The summed E-state index contributed by atoms with van der Waals surface area (Å²) in [5.41, 5.74) is 1.19. The van der Waals surface area contributed by atoms with Gasteiger partial charge in [0, 0.05) is 30.9 Å². The number of carbonyl (C=O) groups excluding carboxylic acids is 3. The number of esters is 2. The molecule has 6 heteroatoms. The first-order valence-corrected chi connectivity index (χ1v) is 13.2. The van der Waals surface area contributed by atoms with Crippen molar-refractivity contribution in [3.63, 3.8) is 0 Å². The van der Waals surface area contributed by atoms with Gasteiger partial charge >= 0.3 is 11.9 Å². The largest absolute Gasteiger partial charge is 0.458 e. The maximum absolute atomic E-state index is 12.3. The summed E-state index contributed by atoms with van der Waals surface area (Å²) in [5.74, 6) is 1.19. The molecule has 0 amide bonds. The second kappa shape index (κ2) is 7.61. The van der Waals surface area contributed by atoms with Crippen LogP contribution < -0.4 is 0 Å². The number of fused-ring (bicyclic) bond motifs is 6. The van der Waals surface area contributed by atoms with E-state index in [1.54, 1.807) is 6.92 Å². The van der Waals surface area contributed by atoms with Crippen LogP contribution in [0.25, 0.3) is 0 Å². The fraction of sp³-hybridized carbons (Fsp3) is 0.808. The lowest BCUT2D eigenvalue weighted by molar-refractivity contribution is -0.167. The summed E-state index contributed by atoms with van der Waals surface area (Å²) < 4.78 is 11.6. The Hall–Kier alpha value is -1.30. The van der Waals surface area contributed by atoms with Crippen LogP contribution in [-0.4, -0.2) is 34.0 Å². The molecule has 3 saturated carbocycles. The molecule has 0 aromatic carbocycles. The average Bonchev–Trinajstić information content (AvgIpc) is 3.22. The van der Waals surface area contributed by atoms with E-state index in [4.69, 9.17) is 9.47 Å². The molecule has 0 radical (unpaired) electrons. The van der Waals surface area contributed by atoms with Crippen LogP contribution in [0.15, 0.2) is 11.6 Å². The average molecular weight is 461 g/mol. The van der Waals surface area contributed by atoms with Crippen molar-refractivity contribution in [3.05, 3.63) is 11.6 Å². The van der Waals surface area contributed by atoms with E-state index in [0.717, 1.165) is 51.4 Å². The summed E-state index contributed by atoms with van der Waals surface area (Å²) in [6, 6.07) is 0. The summed E-state index contributed by atoms with van der Waals surface area (Å²) in [6.45, 7) is 7.95. The summed E-state index contributed by atoms with van der Waals surface area (Å²) in [7, 11) is 0. The zero-order chi connectivity index (χ0) is 22.9. The topological polar surface area (TPSA) is 69.7 Å². The van der Waals surface area contributed by atoms with Gasteiger partial charge in [-0.1, -0.05) is 31.2 Å². The molecule has 0 bridgehead atoms. The Morgan fingerprint density at radius 1 is 1.06 bits per heavy atom. The number of hydrogen-bond donors (Lipinski definition) is 0. The van der Waals surface area contributed by atoms with Gasteiger partial charge in [-0.2, -0.15) is 0 Å². The Kier molecular flexibility index (Phi) is 5.35. The standard InChI is InChI=1S/C26H36O5S/c1-15(27)30-18-5-9-24(3)17(13-18)14-21(32-16(2)28)23-19(24)6-10-25(4)20(23)7-11-26(25)12-8-22(29)31-26/h13,18-21,23H,5-12,14H2,1-4H3/t18?,19?,20?,21-,23?,24+,25+,26-/m1/s1. The van der Waals surface area contributed by atoms with Gasteiger partial charge < -0.3 is 9.47 Å². The molecule has 4 aliphatic carbocycles. The SMILES string of the molecule is CC(=O)OC1C=C2C[C@@H](SC(C)=O)C3C(CC[C@@]4(C)C3CC[C@@]43CCC(=O)O3)[C@@]2(C)CC1. The zero-order valence-corrected chi connectivity index (χ0v) is 20.6. The van der Waals surface area contributed by atoms with Crippen molar-refractivity contribution in [2.75, 3.05) is 0 Å². The van der Waals surface area contributed by atoms with Gasteiger partial charge in [0.05, 0.1) is 0 Å². The minimum atomic E-state index is -0.296. The van der Waals surface area contributed by atoms with E-state index in [2.05, 4.69) is 19.9 Å². The monoisotopic (exact) mass is 460 g/mol. The first kappa shape index (κ1) is 22.5. The van der Waals surface area contributed by atoms with Gasteiger partial charge in [-0.05, 0) is 80.6 Å². The molecule has 4 unspecified atom stereocenters. The molecule has 5 rings (SSSR count). The third kappa shape index (κ3) is 3.22. The van der Waals surface area contributed by atoms with Gasteiger partial charge in [-0.15, -0.1) is 0 Å². The molecule has 8 atom stereocenters. The fourth-order valence-electron chi connectivity index (χ4n) is 8.57. The Morgan fingerprint density at radius 2 is 1.81 bits per heavy atom. The number of allylic oxidation sites excluding steroid dienone is 1. The fourth-order valence-corrected chi connectivity index (χ4v) is 9.80. The van der Waals surface area contributed by atoms with E-state index in [-0.39, 0.29) is 44.8 Å². The first-order valence-electron chi connectivity index (χ1n) is 12.4. The molecule has 4 fully saturated rings. The third-order valence-electron chi connectivity index (χ3n) is 10.0. The van der Waals surface area contributed by atoms with Crippen molar-refractivity contribution >= 4 is 28.8 Å². The van der Waals surface area contributed by atoms with E-state index in [1.807, 2.05) is 0 Å². The molecule has 0 N–H and O–H groups in total. The van der Waals surface area contributed by atoms with Crippen molar-refractivity contribution in [1.82, 2.24) is 0 Å². The van der Waals surface area contributed by atoms with E-state index in [1.165, 1.54) is 24.3 Å². The maximum Gasteiger partial charge on any atom is 0.306 e. The number of carbonyl (C=O) groups is 3. The molecule has 0 aromatic heterocycles. The normalized spacial score (nSPS) is 47.2. The highest BCUT2D eigenvalue weighted by atomic mass is 32.2. The first-order chi connectivity index (χ1) is 15.1. The van der Waals surface area contributed by atoms with Crippen molar-refractivity contribution in [1.29, 1.82) is 0 Å². The predicted octanol–water partition coefficient (Wildman–Crippen LogP) is 5.21. The van der Waals surface area contributed by atoms with Crippen LogP contribution >= 0.6 is 11.8 Å². The van der Waals surface area contributed by atoms with Gasteiger partial charge in [0.2, 0.25) is 0 Å². The van der Waals surface area contributed by atoms with E-state index < -0.39 is 0 Å². The highest BCUT2D eigenvalue weighted by Gasteiger charge is 2.68. The Morgan fingerprint density at radius 3 is 2.47 bits per heavy atom. The number of ether oxygens (including phenoxy) is 2. The van der Waals surface area contributed by atoms with E-state index >= 15 is 0 Å². The van der Waals surface area contributed by atoms with Crippen molar-refractivity contribution in [3.8, 4) is 0 Å². The molecule has 1 spiro atoms. The molecule has 5 aliphatic rings. The Labute approximate surface area is 195 Å². The van der Waals surface area contributed by atoms with E-state index in [0.29, 0.717) is 24.2 Å². The van der Waals surface area contributed by atoms with Crippen LogP contribution in [0.2, 0.25) is 0 Å². The number of rotatable bonds is 2. The number of hydrogen-bond acceptors (Lipinski definition) is 6. The van der Waals surface area contributed by atoms with Crippen molar-refractivity contribution < 1.29 is 23.9 Å². The minimum Gasteiger partial charge on any atom is -0.458 e. The maximum atomic E-state index is 12.3. The molecule has 1 saturated heterocycles. The summed E-state index contributed by atoms with van der Waals surface area (Å²) in [6.07, 6.45) is 10.5. The van der Waals surface area contributed by atoms with Crippen molar-refractivity contribution in [2.24, 2.45) is 28.6 Å². The molecule has 32 heavy (non-hydrogen) atoms. The van der Waals surface area contributed by atoms with Crippen LogP contribution in [-0.2, 0) is 23.9 Å². The van der Waals surface area contributed by atoms with Gasteiger partial charge in [0.1, 0.15) is 11.7 Å². The van der Waals surface area contributed by atoms with Crippen molar-refractivity contribution in [2.45, 2.75) is 102 Å². The quantitative estimate of drug-likeness (QED) is 0.416. The molecule has 1 aliphatic heterocycles. The molecule has 1 heterocycles.